The average molecular weight is 1850 g/mol. The third-order valence-corrected chi connectivity index (χ3v) is 29.0. The molecule has 5 heterocycles. The molecule has 126 heavy (non-hydrogen) atoms. The number of halogens is 1. The zero-order valence-corrected chi connectivity index (χ0v) is 77.0. The second kappa shape index (κ2) is 48.1. The van der Waals surface area contributed by atoms with Crippen LogP contribution < -0.4 is 63.2 Å². The summed E-state index contributed by atoms with van der Waals surface area (Å²) >= 11 is 6.93. The lowest BCUT2D eigenvalue weighted by molar-refractivity contribution is -0.162. The Balaban J connectivity index is 0.901. The van der Waals surface area contributed by atoms with Gasteiger partial charge in [0, 0.05) is 92.4 Å². The van der Waals surface area contributed by atoms with Gasteiger partial charge in [-0.05, 0) is 140 Å². The van der Waals surface area contributed by atoms with Gasteiger partial charge in [0.05, 0.1) is 56.2 Å². The number of para-hydroxylation sites is 1. The molecule has 3 fully saturated rings. The van der Waals surface area contributed by atoms with Crippen molar-refractivity contribution in [2.75, 3.05) is 70.2 Å². The van der Waals surface area contributed by atoms with Crippen LogP contribution in [0.5, 0.6) is 5.75 Å². The molecule has 4 aromatic carbocycles. The second-order valence-electron chi connectivity index (χ2n) is 32.8. The molecule has 4 bridgehead atoms. The number of aliphatic hydroxyl groups is 4. The minimum atomic E-state index is -1.84. The summed E-state index contributed by atoms with van der Waals surface area (Å²) in [6, 6.07) is 16.6. The topological polar surface area (TPSA) is 475 Å². The molecule has 9 rings (SSSR count). The van der Waals surface area contributed by atoms with Crippen LogP contribution in [0.25, 0.3) is 10.9 Å². The van der Waals surface area contributed by atoms with Gasteiger partial charge in [-0.1, -0.05) is 159 Å². The number of aromatic amines is 1. The minimum Gasteiger partial charge on any atom is -0.495 e. The van der Waals surface area contributed by atoms with Crippen LogP contribution >= 0.6 is 54.8 Å². The molecular formula is C88H122ClN13O20S4. The minimum absolute atomic E-state index is 0.00313. The van der Waals surface area contributed by atoms with E-state index in [0.29, 0.717) is 66.8 Å². The van der Waals surface area contributed by atoms with Crippen LogP contribution in [-0.2, 0) is 92.6 Å². The van der Waals surface area contributed by atoms with Crippen molar-refractivity contribution < 1.29 is 96.9 Å². The largest absolute Gasteiger partial charge is 0.495 e. The Kier molecular flexibility index (Phi) is 38.6. The predicted molar refractivity (Wildman–Crippen MR) is 486 cm³/mol. The van der Waals surface area contributed by atoms with Gasteiger partial charge < -0.3 is 107 Å². The number of nitrogens with two attached hydrogens (primary N) is 1. The number of rotatable bonds is 31. The van der Waals surface area contributed by atoms with Crippen molar-refractivity contribution in [3.63, 3.8) is 0 Å². The van der Waals surface area contributed by atoms with E-state index in [4.69, 9.17) is 41.0 Å². The summed E-state index contributed by atoms with van der Waals surface area (Å²) in [5, 5.41) is 70.0. The van der Waals surface area contributed by atoms with Gasteiger partial charge in [-0.15, -0.1) is 0 Å². The molecule has 1 unspecified atom stereocenters. The first-order valence-corrected chi connectivity index (χ1v) is 47.7. The number of carbonyl (C=O) groups excluding carboxylic acids is 11. The van der Waals surface area contributed by atoms with Crippen molar-refractivity contribution in [3.05, 3.63) is 142 Å². The molecule has 0 saturated carbocycles. The number of ether oxygens (including phenoxy) is 5. The summed E-state index contributed by atoms with van der Waals surface area (Å²) in [4.78, 5) is 166. The van der Waals surface area contributed by atoms with Gasteiger partial charge in [-0.2, -0.15) is 0 Å². The number of esters is 1. The number of carbonyl (C=O) groups is 11. The molecule has 16 N–H and O–H groups in total. The zero-order chi connectivity index (χ0) is 91.7. The van der Waals surface area contributed by atoms with Crippen LogP contribution in [0.2, 0.25) is 5.02 Å². The Hall–Kier alpha value is -8.70. The lowest BCUT2D eigenvalue weighted by Gasteiger charge is -2.43. The molecule has 690 valence electrons. The van der Waals surface area contributed by atoms with E-state index < -0.39 is 181 Å². The fourth-order valence-electron chi connectivity index (χ4n) is 15.4. The summed E-state index contributed by atoms with van der Waals surface area (Å²) in [6.07, 6.45) is -1.94. The zero-order valence-electron chi connectivity index (χ0n) is 72.9. The molecule has 33 nitrogen and oxygen atoms in total. The van der Waals surface area contributed by atoms with E-state index in [2.05, 4.69) is 52.8 Å². The summed E-state index contributed by atoms with van der Waals surface area (Å²) in [5.41, 5.74) is 7.50. The first-order valence-electron chi connectivity index (χ1n) is 42.4. The van der Waals surface area contributed by atoms with Gasteiger partial charge in [0.1, 0.15) is 77.0 Å². The summed E-state index contributed by atoms with van der Waals surface area (Å²) in [7, 11) is 10.9. The van der Waals surface area contributed by atoms with Gasteiger partial charge in [-0.3, -0.25) is 48.5 Å². The fourth-order valence-corrected chi connectivity index (χ4v) is 20.3. The number of allylic oxidation sites excluding steroid dienone is 2. The van der Waals surface area contributed by atoms with Crippen LogP contribution in [0.4, 0.5) is 10.5 Å². The molecule has 3 saturated heterocycles. The van der Waals surface area contributed by atoms with Gasteiger partial charge in [0.2, 0.25) is 53.2 Å². The van der Waals surface area contributed by atoms with Gasteiger partial charge in [-0.25, -0.2) is 9.59 Å². The van der Waals surface area contributed by atoms with Crippen molar-refractivity contribution in [1.82, 2.24) is 57.7 Å². The molecule has 0 spiro atoms. The number of nitrogens with one attached hydrogen (secondary N) is 10. The maximum atomic E-state index is 15.4. The second-order valence-corrected chi connectivity index (χ2v) is 38.7. The lowest BCUT2D eigenvalue weighted by atomic mass is 9.83. The van der Waals surface area contributed by atoms with Crippen LogP contribution in [0.1, 0.15) is 129 Å². The average Bonchev–Trinajstić information content (AvgIpc) is 1.57. The number of benzene rings is 4. The number of hydrogen-bond donors (Lipinski definition) is 15. The number of H-pyrrole nitrogens is 1. The molecule has 4 aliphatic heterocycles. The Morgan fingerprint density at radius 3 is 2.16 bits per heavy atom. The number of anilines is 1. The van der Waals surface area contributed by atoms with Crippen LogP contribution in [0.3, 0.4) is 0 Å². The normalized spacial score (nSPS) is 26.5. The smallest absolute Gasteiger partial charge is 0.409 e. The number of hydrogen-bond acceptors (Lipinski definition) is 26. The van der Waals surface area contributed by atoms with Gasteiger partial charge in [0.15, 0.2) is 5.72 Å². The molecule has 38 heteroatoms. The highest BCUT2D eigenvalue weighted by Crippen LogP contribution is 2.50. The molecule has 0 aliphatic carbocycles. The Morgan fingerprint density at radius 1 is 0.825 bits per heavy atom. The number of methoxy groups -OCH3 is 2. The van der Waals surface area contributed by atoms with Gasteiger partial charge in [0.25, 0.3) is 0 Å². The van der Waals surface area contributed by atoms with E-state index >= 15 is 19.2 Å². The molecule has 1 aromatic heterocycles. The quantitative estimate of drug-likeness (QED) is 0.00899. The van der Waals surface area contributed by atoms with Crippen LogP contribution in [-0.4, -0.2) is 268 Å². The van der Waals surface area contributed by atoms with E-state index in [0.717, 1.165) is 49.2 Å². The number of alkyl carbamates (subject to hydrolysis) is 1. The molecule has 5 aromatic rings. The Bertz CT molecular complexity index is 4580. The van der Waals surface area contributed by atoms with Crippen molar-refractivity contribution in [1.29, 1.82) is 0 Å². The van der Waals surface area contributed by atoms with Crippen molar-refractivity contribution in [2.24, 2.45) is 11.7 Å². The van der Waals surface area contributed by atoms with Gasteiger partial charge >= 0.3 is 12.1 Å². The van der Waals surface area contributed by atoms with Crippen LogP contribution in [0.15, 0.2) is 115 Å². The number of fused-ring (bicyclic) bond motifs is 6. The third kappa shape index (κ3) is 28.2. The molecular weight excluding hydrogens is 1720 g/mol. The van der Waals surface area contributed by atoms with E-state index in [1.54, 1.807) is 69.6 Å². The van der Waals surface area contributed by atoms with Crippen molar-refractivity contribution in [2.45, 2.75) is 240 Å². The number of unbranched alkanes of at least 4 members (excludes halogenated alkanes) is 1. The molecule has 4 aliphatic rings. The first kappa shape index (κ1) is 101. The number of aliphatic hydroxyl groups excluding tert-OH is 3. The summed E-state index contributed by atoms with van der Waals surface area (Å²) in [5.74, 6) is -8.03. The number of likely N-dealkylation sites (N-methyl/N-ethyl adjacent to an activating group) is 1. The van der Waals surface area contributed by atoms with E-state index in [9.17, 15) is 54.0 Å². The van der Waals surface area contributed by atoms with Crippen molar-refractivity contribution in [3.8, 4) is 5.75 Å². The number of amides is 10. The maximum absolute atomic E-state index is 15.4. The fraction of sp³-hybridized carbons (Fsp3) is 0.557. The van der Waals surface area contributed by atoms with E-state index in [1.165, 1.54) is 73.4 Å². The molecule has 10 amide bonds. The molecule has 0 radical (unpaired) electrons. The highest BCUT2D eigenvalue weighted by atomic mass is 35.5. The highest BCUT2D eigenvalue weighted by molar-refractivity contribution is 8.77. The summed E-state index contributed by atoms with van der Waals surface area (Å²) in [6.45, 7) is 11.3. The van der Waals surface area contributed by atoms with E-state index in [-0.39, 0.29) is 79.3 Å². The SMILES string of the molecule is COc1cc2cc(c1Cl)N(C)C(=O)C[C@H](OC(=O)[C@H](C)N(C)C(=O)CCSSC(C)CCN[C@H](Cc1ccccc1)C(=O)N[C@H]1CSSC[C@@H](C(=O)N[C@H](CO)[C@@H](C)O)NC(=O)[C@H]([C@@H](C)O)NC(=O)[C@H](CCCCN)NC(=O)[C@@H](Cc3c[nH]c4ccccc34)NC(=O)[C@H](Cc3ccccc3)NC1=O)[C@]1(C)O[C@H]1[C@H](C)[C@@H]1C[C@@](O)(NC(=O)O1)[C@H](OC)CC/C=C(\C)C2. The number of aromatic nitrogens is 1. The summed E-state index contributed by atoms with van der Waals surface area (Å²) < 4.78 is 30.0. The lowest BCUT2D eigenvalue weighted by Crippen LogP contribution is -2.64. The number of nitrogens with zero attached hydrogens (tertiary/aromatic N) is 2. The maximum Gasteiger partial charge on any atom is 0.409 e. The molecule has 19 atom stereocenters. The van der Waals surface area contributed by atoms with Crippen LogP contribution in [0, 0.1) is 5.92 Å². The predicted octanol–water partition coefficient (Wildman–Crippen LogP) is 5.13. The standard InChI is InChI=1S/C88H122ClN13O20S4/c1-49-23-22-31-71(119-11)88(117)44-70(120-86(116)100-88)51(3)77-87(7,122-77)72(43-74(107)102(9)68-40-57(37-49)41-69(118-10)75(68)89)121-85(115)52(4)101(8)73(106)33-36-123-126-50(2)32-35-91-62(38-55-24-14-12-15-25-55)79(109)97-66-47-124-125-48-67(83(113)96-65(46-103)53(5)104)98-84(114)76(54(6)105)99-78(108)61(30-20-21-34-90)93-81(111)64(42-58-45-92-60-29-19-18-28-59(58)60)95-80(110)63(94-82(66)112)39-56-26-16-13-17-27-56/h12-19,23-29,40-41,45,50-54,61-67,70-72,76-77,91-92,103-105,117H,20-22,30-39,42-44,46-48,90H2,1-11H3,(H,93,111)(H,94,112)(H,95,110)(H,96,113)(H,97,109)(H,98,114)(H,99,108)(H,100,116)/b49-23+/t50?,51-,52+,53-,54-,61+,62-,63+,64-,65-,66+,67+,70+,71-,72+,76+,77+,87+,88+/m1/s1. The van der Waals surface area contributed by atoms with Crippen molar-refractivity contribution >= 4 is 137 Å². The first-order chi connectivity index (χ1) is 60.1. The Morgan fingerprint density at radius 2 is 1.48 bits per heavy atom. The Labute approximate surface area is 755 Å². The highest BCUT2D eigenvalue weighted by Gasteiger charge is 2.65. The monoisotopic (exact) mass is 1840 g/mol. The number of epoxide rings is 1. The third-order valence-electron chi connectivity index (χ3n) is 23.3. The van der Waals surface area contributed by atoms with E-state index in [1.807, 2.05) is 74.5 Å².